The lowest BCUT2D eigenvalue weighted by molar-refractivity contribution is -0.122. The molecule has 3 heterocycles. The quantitative estimate of drug-likeness (QED) is 0.285. The van der Waals surface area contributed by atoms with Gasteiger partial charge in [0.05, 0.1) is 29.4 Å². The van der Waals surface area contributed by atoms with E-state index in [1.165, 1.54) is 0 Å². The molecule has 1 fully saturated rings. The van der Waals surface area contributed by atoms with Crippen molar-refractivity contribution in [2.75, 3.05) is 44.5 Å². The average molecular weight is 550 g/mol. The largest absolute Gasteiger partial charge is 0.476 e. The zero-order valence-electron chi connectivity index (χ0n) is 23.8. The molecule has 2 aromatic carbocycles. The number of nitrogens with zero attached hydrogens (tertiary/aromatic N) is 4. The van der Waals surface area contributed by atoms with Gasteiger partial charge in [-0.2, -0.15) is 0 Å². The van der Waals surface area contributed by atoms with Crippen molar-refractivity contribution in [2.45, 2.75) is 37.5 Å². The molecule has 0 radical (unpaired) electrons. The molecule has 6 rings (SSSR count). The van der Waals surface area contributed by atoms with Gasteiger partial charge in [0.25, 0.3) is 5.91 Å². The van der Waals surface area contributed by atoms with Crippen LogP contribution in [0.5, 0.6) is 5.88 Å². The number of benzene rings is 2. The maximum absolute atomic E-state index is 13.5. The summed E-state index contributed by atoms with van der Waals surface area (Å²) in [5, 5.41) is 4.01. The number of carbonyl (C=O) groups is 2. The zero-order valence-corrected chi connectivity index (χ0v) is 23.8. The molecular weight excluding hydrogens is 514 g/mol. The van der Waals surface area contributed by atoms with Crippen molar-refractivity contribution in [2.24, 2.45) is 0 Å². The van der Waals surface area contributed by atoms with Gasteiger partial charge in [-0.15, -0.1) is 0 Å². The number of rotatable bonds is 8. The molecule has 1 aliphatic carbocycles. The van der Waals surface area contributed by atoms with E-state index in [-0.39, 0.29) is 11.8 Å². The summed E-state index contributed by atoms with van der Waals surface area (Å²) in [7, 11) is 5.90. The lowest BCUT2D eigenvalue weighted by Gasteiger charge is -2.23. The highest BCUT2D eigenvalue weighted by Gasteiger charge is 2.52. The maximum atomic E-state index is 13.5. The number of nitrogens with one attached hydrogen (secondary N) is 1. The summed E-state index contributed by atoms with van der Waals surface area (Å²) in [6.45, 7) is 1.37. The highest BCUT2D eigenvalue weighted by molar-refractivity contribution is 6.12. The highest BCUT2D eigenvalue weighted by atomic mass is 16.5. The van der Waals surface area contributed by atoms with E-state index >= 15 is 0 Å². The van der Waals surface area contributed by atoms with E-state index in [9.17, 15) is 9.59 Å². The number of hydrogen-bond donors (Lipinski definition) is 1. The first-order valence-electron chi connectivity index (χ1n) is 14.2. The van der Waals surface area contributed by atoms with Crippen molar-refractivity contribution >= 4 is 34.1 Å². The van der Waals surface area contributed by atoms with Crippen LogP contribution in [0.3, 0.4) is 0 Å². The van der Waals surface area contributed by atoms with Crippen molar-refractivity contribution in [3.8, 4) is 17.0 Å². The van der Waals surface area contributed by atoms with Gasteiger partial charge in [-0.1, -0.05) is 37.1 Å². The Balaban J connectivity index is 1.39. The summed E-state index contributed by atoms with van der Waals surface area (Å²) in [6, 6.07) is 17.2. The van der Waals surface area contributed by atoms with Crippen LogP contribution in [0.15, 0.2) is 67.0 Å². The fourth-order valence-corrected chi connectivity index (χ4v) is 6.25. The maximum Gasteiger partial charge on any atom is 0.255 e. The Hall–Kier alpha value is -4.30. The van der Waals surface area contributed by atoms with Crippen molar-refractivity contribution in [1.29, 1.82) is 0 Å². The Morgan fingerprint density at radius 3 is 2.56 bits per heavy atom. The molecule has 0 unspecified atom stereocenters. The van der Waals surface area contributed by atoms with Crippen LogP contribution in [-0.4, -0.2) is 61.0 Å². The van der Waals surface area contributed by atoms with Crippen LogP contribution in [0.4, 0.5) is 11.4 Å². The van der Waals surface area contributed by atoms with Gasteiger partial charge in [0.15, 0.2) is 0 Å². The van der Waals surface area contributed by atoms with Crippen LogP contribution in [-0.2, 0) is 10.2 Å². The lowest BCUT2D eigenvalue weighted by atomic mass is 9.78. The molecule has 2 aromatic heterocycles. The molecule has 4 aromatic rings. The minimum atomic E-state index is -0.471. The SMILES string of the molecule is CN(C)CCCOc1ncc(-c2ccc3ncc4c(c3c2)C2(CCCC2)C(=O)N4C)cc1NC(=O)c1ccccc1. The molecule has 2 aliphatic rings. The third kappa shape index (κ3) is 4.93. The topological polar surface area (TPSA) is 87.7 Å². The fraction of sp³-hybridized carbons (Fsp3) is 0.333. The van der Waals surface area contributed by atoms with Gasteiger partial charge in [-0.05, 0) is 69.3 Å². The summed E-state index contributed by atoms with van der Waals surface area (Å²) >= 11 is 0. The number of ether oxygens (including phenoxy) is 1. The molecule has 1 saturated carbocycles. The van der Waals surface area contributed by atoms with E-state index in [4.69, 9.17) is 9.72 Å². The predicted octanol–water partition coefficient (Wildman–Crippen LogP) is 5.67. The van der Waals surface area contributed by atoms with Gasteiger partial charge in [0.2, 0.25) is 11.8 Å². The summed E-state index contributed by atoms with van der Waals surface area (Å²) < 4.78 is 6.03. The predicted molar refractivity (Wildman–Crippen MR) is 162 cm³/mol. The Morgan fingerprint density at radius 2 is 1.80 bits per heavy atom. The van der Waals surface area contributed by atoms with E-state index < -0.39 is 5.41 Å². The number of likely N-dealkylation sites (N-methyl/N-ethyl adjacent to an activating group) is 1. The van der Waals surface area contributed by atoms with Crippen molar-refractivity contribution in [1.82, 2.24) is 14.9 Å². The number of aromatic nitrogens is 2. The molecule has 1 aliphatic heterocycles. The Bertz CT molecular complexity index is 1610. The summed E-state index contributed by atoms with van der Waals surface area (Å²) in [5.74, 6) is 0.332. The Morgan fingerprint density at radius 1 is 1.02 bits per heavy atom. The zero-order chi connectivity index (χ0) is 28.6. The number of carbonyl (C=O) groups excluding carboxylic acids is 2. The van der Waals surface area contributed by atoms with E-state index in [0.717, 1.165) is 71.9 Å². The molecule has 2 amide bonds. The van der Waals surface area contributed by atoms with Gasteiger partial charge >= 0.3 is 0 Å². The van der Waals surface area contributed by atoms with Gasteiger partial charge in [-0.3, -0.25) is 14.6 Å². The second kappa shape index (κ2) is 10.9. The summed E-state index contributed by atoms with van der Waals surface area (Å²) in [6.07, 6.45) is 8.27. The third-order valence-corrected chi connectivity index (χ3v) is 8.32. The van der Waals surface area contributed by atoms with Gasteiger partial charge in [0, 0.05) is 41.9 Å². The minimum absolute atomic E-state index is 0.174. The standard InChI is InChI=1S/C33H35N5O3/c1-37(2)16-9-17-41-31-27(36-30(39)22-10-5-4-6-11-22)19-24(20-35-31)23-12-13-26-25(18-23)29-28(21-34-26)38(3)32(40)33(29)14-7-8-15-33/h4-6,10-13,18-21H,7-9,14-17H2,1-3H3,(H,36,39). The molecule has 1 N–H and O–H groups in total. The first-order valence-corrected chi connectivity index (χ1v) is 14.2. The van der Waals surface area contributed by atoms with E-state index in [1.54, 1.807) is 23.2 Å². The van der Waals surface area contributed by atoms with Gasteiger partial charge in [-0.25, -0.2) is 4.98 Å². The molecule has 8 heteroatoms. The number of amides is 2. The summed E-state index contributed by atoms with van der Waals surface area (Å²) in [5.41, 5.74) is 5.24. The molecule has 8 nitrogen and oxygen atoms in total. The van der Waals surface area contributed by atoms with E-state index in [0.29, 0.717) is 23.7 Å². The second-order valence-corrected chi connectivity index (χ2v) is 11.3. The fourth-order valence-electron chi connectivity index (χ4n) is 6.25. The van der Waals surface area contributed by atoms with Crippen LogP contribution >= 0.6 is 0 Å². The Labute approximate surface area is 240 Å². The van der Waals surface area contributed by atoms with Crippen LogP contribution in [0.25, 0.3) is 22.0 Å². The first kappa shape index (κ1) is 26.9. The molecule has 0 saturated heterocycles. The number of anilines is 2. The van der Waals surface area contributed by atoms with Crippen LogP contribution < -0.4 is 15.0 Å². The van der Waals surface area contributed by atoms with Gasteiger partial charge < -0.3 is 19.9 Å². The summed E-state index contributed by atoms with van der Waals surface area (Å²) in [4.78, 5) is 39.8. The normalized spacial score (nSPS) is 15.6. The van der Waals surface area contributed by atoms with Crippen molar-refractivity contribution in [3.63, 3.8) is 0 Å². The molecule has 0 atom stereocenters. The Kier molecular flexibility index (Phi) is 7.17. The third-order valence-electron chi connectivity index (χ3n) is 8.32. The number of pyridine rings is 2. The average Bonchev–Trinajstić information content (AvgIpc) is 3.56. The molecular formula is C33H35N5O3. The molecule has 0 bridgehead atoms. The van der Waals surface area contributed by atoms with Gasteiger partial charge in [0.1, 0.15) is 5.69 Å². The van der Waals surface area contributed by atoms with E-state index in [1.807, 2.05) is 63.7 Å². The van der Waals surface area contributed by atoms with Crippen molar-refractivity contribution in [3.05, 3.63) is 78.1 Å². The smallest absolute Gasteiger partial charge is 0.255 e. The first-order chi connectivity index (χ1) is 19.9. The lowest BCUT2D eigenvalue weighted by Crippen LogP contribution is -2.36. The minimum Gasteiger partial charge on any atom is -0.476 e. The van der Waals surface area contributed by atoms with E-state index in [2.05, 4.69) is 21.3 Å². The van der Waals surface area contributed by atoms with Crippen LogP contribution in [0.1, 0.15) is 48.0 Å². The molecule has 41 heavy (non-hydrogen) atoms. The molecule has 210 valence electrons. The van der Waals surface area contributed by atoms with Crippen molar-refractivity contribution < 1.29 is 14.3 Å². The number of hydrogen-bond acceptors (Lipinski definition) is 6. The highest BCUT2D eigenvalue weighted by Crippen LogP contribution is 2.53. The molecule has 1 spiro atoms. The van der Waals surface area contributed by atoms with Crippen LogP contribution in [0.2, 0.25) is 0 Å². The van der Waals surface area contributed by atoms with Crippen LogP contribution in [0, 0.1) is 0 Å². The second-order valence-electron chi connectivity index (χ2n) is 11.3. The monoisotopic (exact) mass is 549 g/mol. The number of fused-ring (bicyclic) bond motifs is 4.